The largest absolute Gasteiger partial charge is 0.489 e. The van der Waals surface area contributed by atoms with Crippen LogP contribution in [0, 0.1) is 5.92 Å². The van der Waals surface area contributed by atoms with E-state index in [1.54, 1.807) is 18.2 Å². The lowest BCUT2D eigenvalue weighted by Crippen LogP contribution is -2.16. The number of halogens is 1. The Morgan fingerprint density at radius 1 is 1.40 bits per heavy atom. The van der Waals surface area contributed by atoms with Crippen LogP contribution in [0.4, 0.5) is 5.69 Å². The summed E-state index contributed by atoms with van der Waals surface area (Å²) in [7, 11) is 0. The molecule has 0 saturated carbocycles. The minimum absolute atomic E-state index is 0.0288. The molecule has 0 aliphatic heterocycles. The van der Waals surface area contributed by atoms with Crippen molar-refractivity contribution in [1.29, 1.82) is 0 Å². The fourth-order valence-corrected chi connectivity index (χ4v) is 1.87. The first-order valence-electron chi connectivity index (χ1n) is 6.88. The summed E-state index contributed by atoms with van der Waals surface area (Å²) in [6.45, 7) is 6.50. The van der Waals surface area contributed by atoms with E-state index in [2.05, 4.69) is 5.32 Å². The molecule has 1 unspecified atom stereocenters. The third-order valence-electron chi connectivity index (χ3n) is 2.84. The highest BCUT2D eigenvalue weighted by Gasteiger charge is 2.09. The molecule has 1 amide bonds. The number of nitrogens with one attached hydrogen (secondary N) is 1. The van der Waals surface area contributed by atoms with Gasteiger partial charge < -0.3 is 15.8 Å². The van der Waals surface area contributed by atoms with E-state index in [0.717, 1.165) is 6.42 Å². The minimum atomic E-state index is -0.0288. The second-order valence-corrected chi connectivity index (χ2v) is 5.65. The molecule has 3 N–H and O–H groups in total. The van der Waals surface area contributed by atoms with Gasteiger partial charge in [0.05, 0.1) is 11.1 Å². The number of carbonyl (C=O) groups is 1. The van der Waals surface area contributed by atoms with Gasteiger partial charge in [-0.1, -0.05) is 18.5 Å². The third-order valence-corrected chi connectivity index (χ3v) is 3.14. The molecule has 112 valence electrons. The molecule has 5 heteroatoms. The number of ether oxygens (including phenoxy) is 1. The maximum absolute atomic E-state index is 11.8. The summed E-state index contributed by atoms with van der Waals surface area (Å²) in [6.07, 6.45) is 1.30. The normalized spacial score (nSPS) is 12.3. The predicted octanol–water partition coefficient (Wildman–Crippen LogP) is 3.44. The fourth-order valence-electron chi connectivity index (χ4n) is 1.65. The summed E-state index contributed by atoms with van der Waals surface area (Å²) in [5, 5.41) is 3.32. The van der Waals surface area contributed by atoms with Crippen molar-refractivity contribution in [1.82, 2.24) is 0 Å². The maximum atomic E-state index is 11.8. The zero-order chi connectivity index (χ0) is 15.1. The molecule has 1 aromatic carbocycles. The van der Waals surface area contributed by atoms with Gasteiger partial charge >= 0.3 is 0 Å². The first-order chi connectivity index (χ1) is 9.42. The van der Waals surface area contributed by atoms with Crippen molar-refractivity contribution in [2.24, 2.45) is 11.7 Å². The van der Waals surface area contributed by atoms with Gasteiger partial charge in [0.2, 0.25) is 5.91 Å². The molecule has 0 radical (unpaired) electrons. The lowest BCUT2D eigenvalue weighted by molar-refractivity contribution is -0.116. The molecule has 0 aliphatic rings. The number of nitrogens with two attached hydrogens (primary N) is 1. The molecule has 0 aliphatic carbocycles. The third kappa shape index (κ3) is 5.80. The average molecular weight is 299 g/mol. The molecule has 0 saturated heterocycles. The lowest BCUT2D eigenvalue weighted by atomic mass is 10.1. The van der Waals surface area contributed by atoms with Gasteiger partial charge in [-0.15, -0.1) is 0 Å². The number of benzene rings is 1. The van der Waals surface area contributed by atoms with Crippen LogP contribution in [0.25, 0.3) is 0 Å². The molecule has 0 spiro atoms. The zero-order valence-electron chi connectivity index (χ0n) is 12.3. The molecule has 0 fully saturated rings. The molecular formula is C15H23ClN2O2. The Morgan fingerprint density at radius 2 is 2.10 bits per heavy atom. The molecule has 1 rings (SSSR count). The van der Waals surface area contributed by atoms with Crippen LogP contribution < -0.4 is 15.8 Å². The van der Waals surface area contributed by atoms with E-state index in [1.807, 2.05) is 20.8 Å². The second kappa shape index (κ2) is 8.12. The topological polar surface area (TPSA) is 64.4 Å². The van der Waals surface area contributed by atoms with Crippen molar-refractivity contribution >= 4 is 23.2 Å². The van der Waals surface area contributed by atoms with E-state index in [9.17, 15) is 4.79 Å². The van der Waals surface area contributed by atoms with Crippen LogP contribution in [0.2, 0.25) is 5.02 Å². The van der Waals surface area contributed by atoms with Crippen LogP contribution in [0.3, 0.4) is 0 Å². The van der Waals surface area contributed by atoms with Crippen LogP contribution in [0.5, 0.6) is 5.75 Å². The first kappa shape index (κ1) is 16.8. The van der Waals surface area contributed by atoms with E-state index in [4.69, 9.17) is 22.1 Å². The number of carbonyl (C=O) groups excluding carboxylic acids is 1. The molecule has 1 atom stereocenters. The first-order valence-corrected chi connectivity index (χ1v) is 7.26. The summed E-state index contributed by atoms with van der Waals surface area (Å²) >= 11 is 6.11. The van der Waals surface area contributed by atoms with Crippen molar-refractivity contribution in [2.75, 3.05) is 11.9 Å². The van der Waals surface area contributed by atoms with Gasteiger partial charge in [0.1, 0.15) is 5.75 Å². The molecular weight excluding hydrogens is 276 g/mol. The van der Waals surface area contributed by atoms with E-state index in [1.165, 1.54) is 0 Å². The van der Waals surface area contributed by atoms with E-state index in [0.29, 0.717) is 35.3 Å². The minimum Gasteiger partial charge on any atom is -0.489 e. The monoisotopic (exact) mass is 298 g/mol. The summed E-state index contributed by atoms with van der Waals surface area (Å²) in [5.41, 5.74) is 6.20. The van der Waals surface area contributed by atoms with Gasteiger partial charge in [0.25, 0.3) is 0 Å². The van der Waals surface area contributed by atoms with Gasteiger partial charge in [0, 0.05) is 12.1 Å². The van der Waals surface area contributed by atoms with Crippen molar-refractivity contribution in [2.45, 2.75) is 39.7 Å². The van der Waals surface area contributed by atoms with Crippen molar-refractivity contribution < 1.29 is 9.53 Å². The fraction of sp³-hybridized carbons (Fsp3) is 0.533. The Balaban J connectivity index is 2.56. The van der Waals surface area contributed by atoms with Gasteiger partial charge in [-0.05, 0) is 50.9 Å². The highest BCUT2D eigenvalue weighted by Crippen LogP contribution is 2.28. The average Bonchev–Trinajstić information content (AvgIpc) is 2.38. The number of hydrogen-bond acceptors (Lipinski definition) is 3. The molecule has 0 heterocycles. The summed E-state index contributed by atoms with van der Waals surface area (Å²) < 4.78 is 5.54. The summed E-state index contributed by atoms with van der Waals surface area (Å²) in [6, 6.07) is 5.25. The van der Waals surface area contributed by atoms with Crippen molar-refractivity contribution in [3.8, 4) is 5.75 Å². The standard InChI is InChI=1S/C15H23ClN2O2/c1-10(2)20-14-6-5-12(8-13(14)16)18-15(19)7-4-11(3)9-17/h5-6,8,10-11H,4,7,9,17H2,1-3H3,(H,18,19). The van der Waals surface area contributed by atoms with Crippen LogP contribution in [-0.4, -0.2) is 18.6 Å². The molecule has 20 heavy (non-hydrogen) atoms. The lowest BCUT2D eigenvalue weighted by Gasteiger charge is -2.13. The van der Waals surface area contributed by atoms with E-state index >= 15 is 0 Å². The van der Waals surface area contributed by atoms with Crippen LogP contribution in [-0.2, 0) is 4.79 Å². The summed E-state index contributed by atoms with van der Waals surface area (Å²) in [4.78, 5) is 11.8. The molecule has 0 aromatic heterocycles. The van der Waals surface area contributed by atoms with Crippen LogP contribution >= 0.6 is 11.6 Å². The maximum Gasteiger partial charge on any atom is 0.224 e. The van der Waals surface area contributed by atoms with Gasteiger partial charge in [-0.25, -0.2) is 0 Å². The number of hydrogen-bond donors (Lipinski definition) is 2. The number of amides is 1. The Labute approximate surface area is 125 Å². The highest BCUT2D eigenvalue weighted by atomic mass is 35.5. The number of rotatable bonds is 7. The SMILES string of the molecule is CC(CN)CCC(=O)Nc1ccc(OC(C)C)c(Cl)c1. The quantitative estimate of drug-likeness (QED) is 0.810. The van der Waals surface area contributed by atoms with Crippen molar-refractivity contribution in [3.63, 3.8) is 0 Å². The predicted molar refractivity (Wildman–Crippen MR) is 83.3 cm³/mol. The van der Waals surface area contributed by atoms with E-state index < -0.39 is 0 Å². The zero-order valence-corrected chi connectivity index (χ0v) is 13.0. The van der Waals surface area contributed by atoms with Crippen LogP contribution in [0.15, 0.2) is 18.2 Å². The van der Waals surface area contributed by atoms with Gasteiger partial charge in [-0.3, -0.25) is 4.79 Å². The van der Waals surface area contributed by atoms with E-state index in [-0.39, 0.29) is 12.0 Å². The number of anilines is 1. The van der Waals surface area contributed by atoms with Gasteiger partial charge in [-0.2, -0.15) is 0 Å². The van der Waals surface area contributed by atoms with Gasteiger partial charge in [0.15, 0.2) is 0 Å². The Kier molecular flexibility index (Phi) is 6.82. The Morgan fingerprint density at radius 3 is 2.65 bits per heavy atom. The Bertz CT molecular complexity index is 449. The molecule has 0 bridgehead atoms. The summed E-state index contributed by atoms with van der Waals surface area (Å²) in [5.74, 6) is 0.946. The Hall–Kier alpha value is -1.26. The van der Waals surface area contributed by atoms with Crippen LogP contribution in [0.1, 0.15) is 33.6 Å². The molecule has 1 aromatic rings. The van der Waals surface area contributed by atoms with Crippen molar-refractivity contribution in [3.05, 3.63) is 23.2 Å². The molecule has 4 nitrogen and oxygen atoms in total. The highest BCUT2D eigenvalue weighted by molar-refractivity contribution is 6.32. The smallest absolute Gasteiger partial charge is 0.224 e. The second-order valence-electron chi connectivity index (χ2n) is 5.24.